The maximum absolute atomic E-state index is 12.8. The fourth-order valence-electron chi connectivity index (χ4n) is 4.58. The average molecular weight is 608 g/mol. The smallest absolute Gasteiger partial charge is 0.417 e. The first-order valence-corrected chi connectivity index (χ1v) is 14.7. The summed E-state index contributed by atoms with van der Waals surface area (Å²) in [5, 5.41) is 15.8. The lowest BCUT2D eigenvalue weighted by molar-refractivity contribution is -0.150. The molecular weight excluding hydrogens is 582 g/mol. The van der Waals surface area contributed by atoms with Gasteiger partial charge in [-0.15, -0.1) is 23.1 Å². The molecule has 0 bridgehead atoms. The third-order valence-electron chi connectivity index (χ3n) is 6.49. The van der Waals surface area contributed by atoms with Gasteiger partial charge in [-0.3, -0.25) is 14.5 Å². The lowest BCUT2D eigenvalue weighted by Crippen LogP contribution is -2.70. The van der Waals surface area contributed by atoms with Crippen LogP contribution in [0.3, 0.4) is 0 Å². The number of rotatable bonds is 9. The monoisotopic (exact) mass is 607 g/mol. The van der Waals surface area contributed by atoms with Gasteiger partial charge in [0.2, 0.25) is 5.91 Å². The second-order valence-corrected chi connectivity index (χ2v) is 11.4. The van der Waals surface area contributed by atoms with Crippen LogP contribution >= 0.6 is 23.1 Å². The Morgan fingerprint density at radius 1 is 0.952 bits per heavy atom. The molecule has 1 aromatic heterocycles. The molecule has 5 rings (SSSR count). The molecule has 0 spiro atoms. The van der Waals surface area contributed by atoms with E-state index in [4.69, 9.17) is 9.47 Å². The van der Waals surface area contributed by atoms with E-state index in [0.717, 1.165) is 9.78 Å². The standard InChI is InChI=1S/C29H25N3O8S2/c33-21(14-20-12-7-13-41-20)30-22-25(34)32-23(27(35)36)19(16-42-26(22)32)15-39-28(37)31-29(38)40-24(17-8-3-1-4-9-17)18-10-5-2-6-11-18/h1-13,22,24,26H,14-16H2,(H,30,33)(H,35,36)(H,31,37,38)/t22?,26-/m0/s1. The number of β-lactam (4-membered cyclic amide) rings is 1. The van der Waals surface area contributed by atoms with Crippen molar-refractivity contribution in [2.75, 3.05) is 12.4 Å². The number of thioether (sulfide) groups is 1. The average Bonchev–Trinajstić information content (AvgIpc) is 3.50. The van der Waals surface area contributed by atoms with Crippen molar-refractivity contribution in [2.45, 2.75) is 23.9 Å². The molecule has 13 heteroatoms. The number of imide groups is 1. The quantitative estimate of drug-likeness (QED) is 0.310. The fraction of sp³-hybridized carbons (Fsp3) is 0.207. The molecule has 1 saturated heterocycles. The molecule has 3 aromatic rings. The largest absolute Gasteiger partial charge is 0.477 e. The van der Waals surface area contributed by atoms with Crippen LogP contribution in [-0.2, 0) is 30.3 Å². The Morgan fingerprint density at radius 2 is 1.62 bits per heavy atom. The van der Waals surface area contributed by atoms with Crippen molar-refractivity contribution in [3.05, 3.63) is 105 Å². The Bertz CT molecular complexity index is 1470. The number of carbonyl (C=O) groups is 5. The van der Waals surface area contributed by atoms with Gasteiger partial charge >= 0.3 is 18.2 Å². The number of amides is 4. The Hall–Kier alpha value is -4.62. The number of fused-ring (bicyclic) bond motifs is 1. The number of carboxylic acids is 1. The molecule has 0 saturated carbocycles. The van der Waals surface area contributed by atoms with E-state index in [9.17, 15) is 29.1 Å². The SMILES string of the molecule is O=C(Cc1cccs1)NC1C(=O)N2C(C(=O)O)=C(COC(=O)NC(=O)OC(c3ccccc3)c3ccccc3)CS[C@@H]12. The van der Waals surface area contributed by atoms with Gasteiger partial charge in [0.1, 0.15) is 23.7 Å². The number of thiophene rings is 1. The van der Waals surface area contributed by atoms with Crippen molar-refractivity contribution < 1.29 is 38.6 Å². The zero-order valence-electron chi connectivity index (χ0n) is 21.9. The van der Waals surface area contributed by atoms with Gasteiger partial charge in [0.25, 0.3) is 5.91 Å². The van der Waals surface area contributed by atoms with E-state index in [0.29, 0.717) is 11.1 Å². The zero-order valence-corrected chi connectivity index (χ0v) is 23.6. The van der Waals surface area contributed by atoms with Crippen molar-refractivity contribution in [3.8, 4) is 0 Å². The molecule has 0 aliphatic carbocycles. The summed E-state index contributed by atoms with van der Waals surface area (Å²) in [6, 6.07) is 20.8. The van der Waals surface area contributed by atoms with Crippen LogP contribution < -0.4 is 10.6 Å². The Balaban J connectivity index is 1.18. The Morgan fingerprint density at radius 3 is 2.21 bits per heavy atom. The minimum absolute atomic E-state index is 0.120. The van der Waals surface area contributed by atoms with Crippen LogP contribution in [0.4, 0.5) is 9.59 Å². The van der Waals surface area contributed by atoms with Crippen molar-refractivity contribution in [3.63, 3.8) is 0 Å². The van der Waals surface area contributed by atoms with Crippen LogP contribution in [0.5, 0.6) is 0 Å². The predicted octanol–water partition coefficient (Wildman–Crippen LogP) is 3.68. The van der Waals surface area contributed by atoms with Gasteiger partial charge in [0, 0.05) is 16.2 Å². The van der Waals surface area contributed by atoms with Crippen molar-refractivity contribution in [1.29, 1.82) is 0 Å². The lowest BCUT2D eigenvalue weighted by Gasteiger charge is -2.49. The van der Waals surface area contributed by atoms with Gasteiger partial charge in [-0.25, -0.2) is 19.7 Å². The van der Waals surface area contributed by atoms with Crippen molar-refractivity contribution in [2.24, 2.45) is 0 Å². The highest BCUT2D eigenvalue weighted by Gasteiger charge is 2.54. The van der Waals surface area contributed by atoms with Crippen LogP contribution in [0.15, 0.2) is 89.4 Å². The summed E-state index contributed by atoms with van der Waals surface area (Å²) in [6.45, 7) is -0.472. The van der Waals surface area contributed by atoms with Crippen LogP contribution in [0, 0.1) is 0 Å². The minimum atomic E-state index is -1.37. The van der Waals surface area contributed by atoms with Crippen molar-refractivity contribution >= 4 is 53.1 Å². The maximum Gasteiger partial charge on any atom is 0.417 e. The molecule has 1 unspecified atom stereocenters. The lowest BCUT2D eigenvalue weighted by atomic mass is 10.0. The molecule has 2 aliphatic heterocycles. The highest BCUT2D eigenvalue weighted by Crippen LogP contribution is 2.40. The topological polar surface area (TPSA) is 151 Å². The van der Waals surface area contributed by atoms with E-state index in [2.05, 4.69) is 5.32 Å². The normalized spacial score (nSPS) is 17.6. The molecule has 3 heterocycles. The first-order valence-electron chi connectivity index (χ1n) is 12.8. The second-order valence-electron chi connectivity index (χ2n) is 9.28. The van der Waals surface area contributed by atoms with E-state index < -0.39 is 48.2 Å². The van der Waals surface area contributed by atoms with Gasteiger partial charge < -0.3 is 19.9 Å². The molecule has 3 N–H and O–H groups in total. The molecule has 2 aliphatic rings. The number of alkyl carbamates (subject to hydrolysis) is 2. The first kappa shape index (κ1) is 28.9. The minimum Gasteiger partial charge on any atom is -0.477 e. The highest BCUT2D eigenvalue weighted by atomic mass is 32.2. The van der Waals surface area contributed by atoms with E-state index >= 15 is 0 Å². The summed E-state index contributed by atoms with van der Waals surface area (Å²) < 4.78 is 10.7. The number of aliphatic carboxylic acids is 1. The van der Waals surface area contributed by atoms with E-state index in [1.165, 1.54) is 23.1 Å². The Kier molecular flexibility index (Phi) is 8.88. The Labute approximate surface area is 248 Å². The number of benzene rings is 2. The molecule has 4 amide bonds. The number of carboxylic acid groups (broad SMARTS) is 1. The van der Waals surface area contributed by atoms with Crippen LogP contribution in [0.2, 0.25) is 0 Å². The summed E-state index contributed by atoms with van der Waals surface area (Å²) in [4.78, 5) is 64.2. The molecule has 42 heavy (non-hydrogen) atoms. The first-order chi connectivity index (χ1) is 20.3. The van der Waals surface area contributed by atoms with Gasteiger partial charge in [-0.2, -0.15) is 0 Å². The van der Waals surface area contributed by atoms with Crippen LogP contribution in [0.25, 0.3) is 0 Å². The summed E-state index contributed by atoms with van der Waals surface area (Å²) in [7, 11) is 0. The van der Waals surface area contributed by atoms with Gasteiger partial charge in [-0.1, -0.05) is 66.7 Å². The number of hydrogen-bond donors (Lipinski definition) is 3. The van der Waals surface area contributed by atoms with Crippen LogP contribution in [0.1, 0.15) is 22.1 Å². The second kappa shape index (κ2) is 12.9. The molecule has 2 atom stereocenters. The zero-order chi connectivity index (χ0) is 29.6. The number of nitrogens with zero attached hydrogens (tertiary/aromatic N) is 1. The molecule has 216 valence electrons. The summed E-state index contributed by atoms with van der Waals surface area (Å²) in [6.07, 6.45) is -2.86. The molecule has 2 aromatic carbocycles. The third kappa shape index (κ3) is 6.47. The number of hydrogen-bond acceptors (Lipinski definition) is 9. The van der Waals surface area contributed by atoms with Gasteiger partial charge in [0.05, 0.1) is 6.42 Å². The number of carbonyl (C=O) groups excluding carboxylic acids is 4. The summed E-state index contributed by atoms with van der Waals surface area (Å²) >= 11 is 2.66. The number of nitrogens with one attached hydrogen (secondary N) is 2. The van der Waals surface area contributed by atoms with Gasteiger partial charge in [0.15, 0.2) is 6.10 Å². The van der Waals surface area contributed by atoms with E-state index in [1.54, 1.807) is 48.5 Å². The molecule has 1 fully saturated rings. The third-order valence-corrected chi connectivity index (χ3v) is 8.71. The molecule has 0 radical (unpaired) electrons. The predicted molar refractivity (Wildman–Crippen MR) is 153 cm³/mol. The summed E-state index contributed by atoms with van der Waals surface area (Å²) in [5.41, 5.74) is 1.25. The van der Waals surface area contributed by atoms with E-state index in [1.807, 2.05) is 35.0 Å². The van der Waals surface area contributed by atoms with Crippen molar-refractivity contribution in [1.82, 2.24) is 15.5 Å². The molecule has 11 nitrogen and oxygen atoms in total. The summed E-state index contributed by atoms with van der Waals surface area (Å²) in [5.74, 6) is -2.14. The van der Waals surface area contributed by atoms with Crippen LogP contribution in [-0.4, -0.2) is 63.8 Å². The number of ether oxygens (including phenoxy) is 2. The van der Waals surface area contributed by atoms with E-state index in [-0.39, 0.29) is 29.4 Å². The fourth-order valence-corrected chi connectivity index (χ4v) is 6.61. The maximum atomic E-state index is 12.8. The highest BCUT2D eigenvalue weighted by molar-refractivity contribution is 8.00. The van der Waals surface area contributed by atoms with Gasteiger partial charge in [-0.05, 0) is 22.6 Å². The molecular formula is C29H25N3O8S2.